The molecule has 0 aliphatic heterocycles. The highest BCUT2D eigenvalue weighted by Crippen LogP contribution is 2.19. The van der Waals surface area contributed by atoms with Crippen molar-refractivity contribution in [3.8, 4) is 0 Å². The van der Waals surface area contributed by atoms with E-state index in [1.165, 1.54) is 9.35 Å². The SMILES string of the molecule is Brc1csc(CNCCn2ccnc2)c1. The molecule has 0 bridgehead atoms. The van der Waals surface area contributed by atoms with E-state index in [0.717, 1.165) is 19.6 Å². The molecule has 0 atom stereocenters. The quantitative estimate of drug-likeness (QED) is 0.856. The fourth-order valence-electron chi connectivity index (χ4n) is 1.29. The van der Waals surface area contributed by atoms with Crippen LogP contribution in [0, 0.1) is 0 Å². The van der Waals surface area contributed by atoms with Crippen molar-refractivity contribution in [2.45, 2.75) is 13.1 Å². The van der Waals surface area contributed by atoms with Crippen LogP contribution in [0.25, 0.3) is 0 Å². The molecule has 0 saturated heterocycles. The second kappa shape index (κ2) is 5.44. The van der Waals surface area contributed by atoms with Crippen LogP contribution in [0.5, 0.6) is 0 Å². The minimum Gasteiger partial charge on any atom is -0.336 e. The summed E-state index contributed by atoms with van der Waals surface area (Å²) in [5.74, 6) is 0. The molecule has 15 heavy (non-hydrogen) atoms. The number of aromatic nitrogens is 2. The molecule has 80 valence electrons. The third-order valence-corrected chi connectivity index (χ3v) is 3.72. The lowest BCUT2D eigenvalue weighted by Gasteiger charge is -2.03. The molecule has 0 fully saturated rings. The van der Waals surface area contributed by atoms with Crippen LogP contribution >= 0.6 is 27.3 Å². The summed E-state index contributed by atoms with van der Waals surface area (Å²) in [7, 11) is 0. The van der Waals surface area contributed by atoms with Gasteiger partial charge in [0.25, 0.3) is 0 Å². The van der Waals surface area contributed by atoms with E-state index >= 15 is 0 Å². The number of rotatable bonds is 5. The summed E-state index contributed by atoms with van der Waals surface area (Å²) < 4.78 is 3.23. The molecule has 2 aromatic rings. The molecular weight excluding hydrogens is 274 g/mol. The van der Waals surface area contributed by atoms with Gasteiger partial charge in [-0.2, -0.15) is 0 Å². The van der Waals surface area contributed by atoms with Gasteiger partial charge < -0.3 is 9.88 Å². The molecule has 0 unspecified atom stereocenters. The van der Waals surface area contributed by atoms with Crippen molar-refractivity contribution < 1.29 is 0 Å². The lowest BCUT2D eigenvalue weighted by atomic mass is 10.4. The second-order valence-electron chi connectivity index (χ2n) is 3.21. The van der Waals surface area contributed by atoms with Crippen LogP contribution in [0.3, 0.4) is 0 Å². The lowest BCUT2D eigenvalue weighted by Crippen LogP contribution is -2.18. The Bertz CT molecular complexity index is 396. The number of halogens is 1. The van der Waals surface area contributed by atoms with Crippen molar-refractivity contribution in [3.63, 3.8) is 0 Å². The van der Waals surface area contributed by atoms with Crippen molar-refractivity contribution in [1.82, 2.24) is 14.9 Å². The molecule has 1 N–H and O–H groups in total. The number of hydrogen-bond donors (Lipinski definition) is 1. The van der Waals surface area contributed by atoms with Gasteiger partial charge in [0, 0.05) is 46.8 Å². The Morgan fingerprint density at radius 3 is 3.13 bits per heavy atom. The molecule has 0 saturated carbocycles. The molecule has 0 aliphatic rings. The first-order chi connectivity index (χ1) is 7.34. The van der Waals surface area contributed by atoms with E-state index in [1.807, 2.05) is 12.5 Å². The Morgan fingerprint density at radius 1 is 1.53 bits per heavy atom. The fourth-order valence-corrected chi connectivity index (χ4v) is 2.71. The zero-order valence-electron chi connectivity index (χ0n) is 8.19. The molecular formula is C10H12BrN3S. The van der Waals surface area contributed by atoms with E-state index in [1.54, 1.807) is 17.5 Å². The zero-order chi connectivity index (χ0) is 10.5. The number of imidazole rings is 1. The molecule has 2 rings (SSSR count). The third kappa shape index (κ3) is 3.44. The van der Waals surface area contributed by atoms with Gasteiger partial charge >= 0.3 is 0 Å². The molecule has 5 heteroatoms. The number of nitrogens with one attached hydrogen (secondary N) is 1. The van der Waals surface area contributed by atoms with Crippen LogP contribution in [0.1, 0.15) is 4.88 Å². The third-order valence-electron chi connectivity index (χ3n) is 2.03. The van der Waals surface area contributed by atoms with Crippen molar-refractivity contribution in [2.24, 2.45) is 0 Å². The first kappa shape index (κ1) is 10.9. The molecule has 2 heterocycles. The van der Waals surface area contributed by atoms with E-state index in [4.69, 9.17) is 0 Å². The molecule has 0 aromatic carbocycles. The molecule has 3 nitrogen and oxygen atoms in total. The minimum absolute atomic E-state index is 0.935. The number of nitrogens with zero attached hydrogens (tertiary/aromatic N) is 2. The maximum absolute atomic E-state index is 3.99. The maximum Gasteiger partial charge on any atom is 0.0946 e. The predicted octanol–water partition coefficient (Wildman–Crippen LogP) is 2.50. The van der Waals surface area contributed by atoms with E-state index in [-0.39, 0.29) is 0 Å². The summed E-state index contributed by atoms with van der Waals surface area (Å²) >= 11 is 5.21. The summed E-state index contributed by atoms with van der Waals surface area (Å²) in [6.07, 6.45) is 5.61. The summed E-state index contributed by atoms with van der Waals surface area (Å²) in [5, 5.41) is 5.50. The van der Waals surface area contributed by atoms with Crippen molar-refractivity contribution in [1.29, 1.82) is 0 Å². The maximum atomic E-state index is 3.99. The molecule has 0 radical (unpaired) electrons. The van der Waals surface area contributed by atoms with E-state index in [9.17, 15) is 0 Å². The molecule has 0 aliphatic carbocycles. The van der Waals surface area contributed by atoms with Crippen molar-refractivity contribution >= 4 is 27.3 Å². The van der Waals surface area contributed by atoms with Crippen LogP contribution in [-0.2, 0) is 13.1 Å². The highest BCUT2D eigenvalue weighted by atomic mass is 79.9. The standard InChI is InChI=1S/C10H12BrN3S/c11-9-5-10(15-7-9)6-12-1-3-14-4-2-13-8-14/h2,4-5,7-8,12H,1,3,6H2. The summed E-state index contributed by atoms with van der Waals surface area (Å²) in [5.41, 5.74) is 0. The first-order valence-electron chi connectivity index (χ1n) is 4.74. The smallest absolute Gasteiger partial charge is 0.0946 e. The van der Waals surface area contributed by atoms with Gasteiger partial charge in [-0.05, 0) is 22.0 Å². The van der Waals surface area contributed by atoms with Gasteiger partial charge in [0.1, 0.15) is 0 Å². The van der Waals surface area contributed by atoms with Gasteiger partial charge in [-0.3, -0.25) is 0 Å². The van der Waals surface area contributed by atoms with Gasteiger partial charge in [0.05, 0.1) is 6.33 Å². The monoisotopic (exact) mass is 285 g/mol. The Labute approximate surface area is 101 Å². The normalized spacial score (nSPS) is 10.7. The zero-order valence-corrected chi connectivity index (χ0v) is 10.6. The average Bonchev–Trinajstić information content (AvgIpc) is 2.84. The van der Waals surface area contributed by atoms with E-state index < -0.39 is 0 Å². The molecule has 2 aromatic heterocycles. The van der Waals surface area contributed by atoms with Gasteiger partial charge in [-0.1, -0.05) is 0 Å². The predicted molar refractivity (Wildman–Crippen MR) is 66.0 cm³/mol. The van der Waals surface area contributed by atoms with Crippen molar-refractivity contribution in [3.05, 3.63) is 39.5 Å². The van der Waals surface area contributed by atoms with Crippen molar-refractivity contribution in [2.75, 3.05) is 6.54 Å². The van der Waals surface area contributed by atoms with Crippen LogP contribution in [0.4, 0.5) is 0 Å². The summed E-state index contributed by atoms with van der Waals surface area (Å²) in [6.45, 7) is 2.86. The highest BCUT2D eigenvalue weighted by molar-refractivity contribution is 9.10. The minimum atomic E-state index is 0.935. The fraction of sp³-hybridized carbons (Fsp3) is 0.300. The van der Waals surface area contributed by atoms with Gasteiger partial charge in [-0.15, -0.1) is 11.3 Å². The van der Waals surface area contributed by atoms with Crippen LogP contribution < -0.4 is 5.32 Å². The lowest BCUT2D eigenvalue weighted by molar-refractivity contribution is 0.600. The van der Waals surface area contributed by atoms with Crippen LogP contribution in [0.15, 0.2) is 34.6 Å². The Balaban J connectivity index is 1.67. The van der Waals surface area contributed by atoms with Gasteiger partial charge in [0.2, 0.25) is 0 Å². The molecule has 0 amide bonds. The largest absolute Gasteiger partial charge is 0.336 e. The van der Waals surface area contributed by atoms with Crippen LogP contribution in [-0.4, -0.2) is 16.1 Å². The van der Waals surface area contributed by atoms with Gasteiger partial charge in [0.15, 0.2) is 0 Å². The first-order valence-corrected chi connectivity index (χ1v) is 6.41. The van der Waals surface area contributed by atoms with E-state index in [0.29, 0.717) is 0 Å². The highest BCUT2D eigenvalue weighted by Gasteiger charge is 1.96. The Hall–Kier alpha value is -0.650. The summed E-state index contributed by atoms with van der Waals surface area (Å²) in [6, 6.07) is 2.15. The topological polar surface area (TPSA) is 29.9 Å². The average molecular weight is 286 g/mol. The number of thiophene rings is 1. The van der Waals surface area contributed by atoms with E-state index in [2.05, 4.69) is 42.2 Å². The Morgan fingerprint density at radius 2 is 2.47 bits per heavy atom. The van der Waals surface area contributed by atoms with Crippen LogP contribution in [0.2, 0.25) is 0 Å². The summed E-state index contributed by atoms with van der Waals surface area (Å²) in [4.78, 5) is 5.35. The number of hydrogen-bond acceptors (Lipinski definition) is 3. The second-order valence-corrected chi connectivity index (χ2v) is 5.12. The molecule has 0 spiro atoms. The Kier molecular flexibility index (Phi) is 3.94. The van der Waals surface area contributed by atoms with Gasteiger partial charge in [-0.25, -0.2) is 4.98 Å².